The van der Waals surface area contributed by atoms with Crippen molar-refractivity contribution in [2.45, 2.75) is 25.0 Å². The van der Waals surface area contributed by atoms with Gasteiger partial charge in [-0.2, -0.15) is 4.39 Å². The van der Waals surface area contributed by atoms with Gasteiger partial charge in [0.15, 0.2) is 0 Å². The zero-order valence-corrected chi connectivity index (χ0v) is 14.9. The van der Waals surface area contributed by atoms with Gasteiger partial charge in [-0.3, -0.25) is 9.79 Å². The minimum absolute atomic E-state index is 0.0124. The number of anilines is 1. The number of aromatic nitrogens is 1. The summed E-state index contributed by atoms with van der Waals surface area (Å²) >= 11 is 0. The fraction of sp³-hybridized carbons (Fsp3) is 0.316. The number of carbonyl (C=O) groups is 1. The number of ether oxygens (including phenoxy) is 1. The summed E-state index contributed by atoms with van der Waals surface area (Å²) in [6.45, 7) is -0.132. The molecule has 1 saturated carbocycles. The highest BCUT2D eigenvalue weighted by Gasteiger charge is 2.44. The number of aliphatic imine (C=N–C) groups is 1. The predicted molar refractivity (Wildman–Crippen MR) is 99.0 cm³/mol. The Balaban J connectivity index is 1.77. The van der Waals surface area contributed by atoms with Gasteiger partial charge in [0.05, 0.1) is 12.1 Å². The zero-order chi connectivity index (χ0) is 19.4. The highest BCUT2D eigenvalue weighted by molar-refractivity contribution is 6.46. The molecule has 0 saturated heterocycles. The van der Waals surface area contributed by atoms with Crippen molar-refractivity contribution in [1.29, 1.82) is 0 Å². The van der Waals surface area contributed by atoms with E-state index in [-0.39, 0.29) is 18.9 Å². The van der Waals surface area contributed by atoms with Crippen molar-refractivity contribution in [2.75, 3.05) is 19.4 Å². The van der Waals surface area contributed by atoms with Gasteiger partial charge in [0.25, 0.3) is 5.91 Å². The first-order valence-corrected chi connectivity index (χ1v) is 8.50. The van der Waals surface area contributed by atoms with Crippen molar-refractivity contribution in [3.05, 3.63) is 53.6 Å². The average molecular weight is 372 g/mol. The maximum absolute atomic E-state index is 13.6. The molecule has 4 N–H and O–H groups in total. The van der Waals surface area contributed by atoms with Crippen molar-refractivity contribution in [3.63, 3.8) is 0 Å². The van der Waals surface area contributed by atoms with Crippen LogP contribution < -0.4 is 15.8 Å². The molecular formula is C19H21FN4O3. The highest BCUT2D eigenvalue weighted by atomic mass is 19.1. The number of hydrogen-bond donors (Lipinski definition) is 3. The van der Waals surface area contributed by atoms with Gasteiger partial charge in [0.1, 0.15) is 18.1 Å². The van der Waals surface area contributed by atoms with Gasteiger partial charge in [-0.15, -0.1) is 0 Å². The second-order valence-corrected chi connectivity index (χ2v) is 6.46. The molecule has 1 aliphatic rings. The zero-order valence-electron chi connectivity index (χ0n) is 14.9. The maximum atomic E-state index is 13.6. The van der Waals surface area contributed by atoms with Crippen molar-refractivity contribution in [3.8, 4) is 5.75 Å². The van der Waals surface area contributed by atoms with E-state index in [9.17, 15) is 14.3 Å². The standard InChI is InChI=1S/C19H21FN4O3/c1-22-16(18(26)24-19(11-25)6-7-19)14-9-13(4-5-15(14)21)27-10-12-3-2-8-23-17(12)20/h2-5,8-9,25H,6-7,10-11,21H2,1H3,(H,24,26). The molecule has 0 bridgehead atoms. The molecule has 0 aliphatic heterocycles. The number of carbonyl (C=O) groups excluding carboxylic acids is 1. The Bertz CT molecular complexity index is 881. The lowest BCUT2D eigenvalue weighted by Gasteiger charge is -2.17. The molecule has 0 atom stereocenters. The molecular weight excluding hydrogens is 351 g/mol. The minimum atomic E-state index is -0.595. The number of hydrogen-bond acceptors (Lipinski definition) is 6. The van der Waals surface area contributed by atoms with Crippen LogP contribution in [0, 0.1) is 5.95 Å². The summed E-state index contributed by atoms with van der Waals surface area (Å²) in [6, 6.07) is 8.02. The summed E-state index contributed by atoms with van der Waals surface area (Å²) in [5.74, 6) is -0.590. The lowest BCUT2D eigenvalue weighted by molar-refractivity contribution is -0.116. The SMILES string of the molecule is CN=C(C(=O)NC1(CO)CC1)c1cc(OCc2cccnc2F)ccc1N. The summed E-state index contributed by atoms with van der Waals surface area (Å²) < 4.78 is 19.2. The molecule has 0 unspecified atom stereocenters. The normalized spacial score (nSPS) is 15.3. The van der Waals surface area contributed by atoms with Crippen LogP contribution >= 0.6 is 0 Å². The first kappa shape index (κ1) is 18.8. The number of aliphatic hydroxyl groups excluding tert-OH is 1. The Kier molecular flexibility index (Phi) is 5.36. The Hall–Kier alpha value is -3.00. The van der Waals surface area contributed by atoms with E-state index in [0.29, 0.717) is 22.6 Å². The number of nitrogen functional groups attached to an aromatic ring is 1. The summed E-state index contributed by atoms with van der Waals surface area (Å²) in [5, 5.41) is 12.2. The number of halogens is 1. The molecule has 8 heteroatoms. The van der Waals surface area contributed by atoms with E-state index in [0.717, 1.165) is 12.8 Å². The average Bonchev–Trinajstić information content (AvgIpc) is 3.43. The van der Waals surface area contributed by atoms with Crippen LogP contribution in [0.3, 0.4) is 0 Å². The van der Waals surface area contributed by atoms with Crippen molar-refractivity contribution >= 4 is 17.3 Å². The quantitative estimate of drug-likeness (QED) is 0.387. The molecule has 0 radical (unpaired) electrons. The largest absolute Gasteiger partial charge is 0.489 e. The number of nitrogens with zero attached hydrogens (tertiary/aromatic N) is 2. The molecule has 1 aromatic carbocycles. The summed E-state index contributed by atoms with van der Waals surface area (Å²) in [6.07, 6.45) is 2.81. The number of nitrogens with one attached hydrogen (secondary N) is 1. The van der Waals surface area contributed by atoms with E-state index in [2.05, 4.69) is 15.3 Å². The third kappa shape index (κ3) is 4.22. The van der Waals surface area contributed by atoms with Gasteiger partial charge in [-0.05, 0) is 43.2 Å². The smallest absolute Gasteiger partial charge is 0.270 e. The third-order valence-electron chi connectivity index (χ3n) is 4.48. The van der Waals surface area contributed by atoms with Gasteiger partial charge in [-0.25, -0.2) is 4.98 Å². The molecule has 1 fully saturated rings. The Morgan fingerprint density at radius 2 is 2.22 bits per heavy atom. The van der Waals surface area contributed by atoms with Crippen LogP contribution in [0.2, 0.25) is 0 Å². The van der Waals surface area contributed by atoms with Crippen LogP contribution in [0.1, 0.15) is 24.0 Å². The summed E-state index contributed by atoms with van der Waals surface area (Å²) in [4.78, 5) is 20.2. The molecule has 3 rings (SSSR count). The molecule has 27 heavy (non-hydrogen) atoms. The highest BCUT2D eigenvalue weighted by Crippen LogP contribution is 2.34. The second kappa shape index (κ2) is 7.71. The Labute approximate surface area is 156 Å². The molecule has 142 valence electrons. The van der Waals surface area contributed by atoms with E-state index in [1.807, 2.05) is 0 Å². The van der Waals surface area contributed by atoms with Crippen molar-refractivity contribution < 1.29 is 19.0 Å². The van der Waals surface area contributed by atoms with Gasteiger partial charge in [0, 0.05) is 30.1 Å². The van der Waals surface area contributed by atoms with Gasteiger partial charge in [0.2, 0.25) is 5.95 Å². The molecule has 7 nitrogen and oxygen atoms in total. The number of aliphatic hydroxyl groups is 1. The lowest BCUT2D eigenvalue weighted by atomic mass is 10.1. The van der Waals surface area contributed by atoms with Crippen LogP contribution in [0.15, 0.2) is 41.5 Å². The van der Waals surface area contributed by atoms with Crippen LogP contribution in [0.4, 0.5) is 10.1 Å². The van der Waals surface area contributed by atoms with E-state index in [1.54, 1.807) is 30.3 Å². The molecule has 1 amide bonds. The number of pyridine rings is 1. The van der Waals surface area contributed by atoms with Crippen LogP contribution in [0.5, 0.6) is 5.75 Å². The molecule has 2 aromatic rings. The lowest BCUT2D eigenvalue weighted by Crippen LogP contribution is -2.43. The summed E-state index contributed by atoms with van der Waals surface area (Å²) in [7, 11) is 1.49. The fourth-order valence-corrected chi connectivity index (χ4v) is 2.64. The van der Waals surface area contributed by atoms with E-state index >= 15 is 0 Å². The van der Waals surface area contributed by atoms with Crippen LogP contribution in [-0.2, 0) is 11.4 Å². The molecule has 0 spiro atoms. The van der Waals surface area contributed by atoms with Crippen LogP contribution in [-0.4, -0.2) is 40.9 Å². The van der Waals surface area contributed by atoms with Gasteiger partial charge < -0.3 is 20.9 Å². The van der Waals surface area contributed by atoms with Crippen molar-refractivity contribution in [1.82, 2.24) is 10.3 Å². The number of nitrogens with two attached hydrogens (primary N) is 1. The molecule has 1 heterocycles. The maximum Gasteiger partial charge on any atom is 0.270 e. The monoisotopic (exact) mass is 372 g/mol. The second-order valence-electron chi connectivity index (χ2n) is 6.46. The summed E-state index contributed by atoms with van der Waals surface area (Å²) in [5.41, 5.74) is 6.68. The number of amides is 1. The predicted octanol–water partition coefficient (Wildman–Crippen LogP) is 1.44. The van der Waals surface area contributed by atoms with Gasteiger partial charge >= 0.3 is 0 Å². The van der Waals surface area contributed by atoms with Crippen LogP contribution in [0.25, 0.3) is 0 Å². The van der Waals surface area contributed by atoms with E-state index in [1.165, 1.54) is 13.2 Å². The van der Waals surface area contributed by atoms with E-state index < -0.39 is 17.4 Å². The first-order valence-electron chi connectivity index (χ1n) is 8.50. The van der Waals surface area contributed by atoms with E-state index in [4.69, 9.17) is 10.5 Å². The molecule has 1 aliphatic carbocycles. The minimum Gasteiger partial charge on any atom is -0.489 e. The van der Waals surface area contributed by atoms with Gasteiger partial charge in [-0.1, -0.05) is 0 Å². The fourth-order valence-electron chi connectivity index (χ4n) is 2.64. The Morgan fingerprint density at radius 3 is 2.85 bits per heavy atom. The first-order chi connectivity index (χ1) is 13.0. The molecule has 1 aromatic heterocycles. The van der Waals surface area contributed by atoms with Crippen molar-refractivity contribution in [2.24, 2.45) is 4.99 Å². The topological polar surface area (TPSA) is 110 Å². The third-order valence-corrected chi connectivity index (χ3v) is 4.48. The number of rotatable bonds is 7. The Morgan fingerprint density at radius 1 is 1.44 bits per heavy atom. The number of benzene rings is 1.